The molecule has 1 rings (SSSR count). The second kappa shape index (κ2) is 4.67. The van der Waals surface area contributed by atoms with E-state index in [0.717, 1.165) is 0 Å². The van der Waals surface area contributed by atoms with Crippen molar-refractivity contribution in [2.75, 3.05) is 0 Å². The molecule has 0 heterocycles. The van der Waals surface area contributed by atoms with Gasteiger partial charge in [-0.15, -0.1) is 0 Å². The maximum atomic E-state index is 12.5. The standard InChI is InChI=1S/C9H9F3NOS/c10-9(11,12)8(15-14)7-4-2-1-3-6(7)5-13/h1-4,8H,5,13H2/q+1. The van der Waals surface area contributed by atoms with Crippen molar-refractivity contribution in [3.8, 4) is 0 Å². The van der Waals surface area contributed by atoms with E-state index in [1.807, 2.05) is 0 Å². The topological polar surface area (TPSA) is 43.1 Å². The molecule has 1 atom stereocenters. The Hall–Kier alpha value is -1.01. The second-order valence-electron chi connectivity index (χ2n) is 2.92. The molecule has 82 valence electrons. The molecule has 0 aliphatic carbocycles. The Bertz CT molecular complexity index is 353. The molecule has 6 heteroatoms. The van der Waals surface area contributed by atoms with Gasteiger partial charge in [-0.2, -0.15) is 13.2 Å². The van der Waals surface area contributed by atoms with Crippen LogP contribution in [0, 0.1) is 0 Å². The zero-order valence-corrected chi connectivity index (χ0v) is 8.44. The maximum Gasteiger partial charge on any atom is 0.477 e. The Balaban J connectivity index is 3.18. The van der Waals surface area contributed by atoms with E-state index in [4.69, 9.17) is 5.73 Å². The number of alkyl halides is 3. The zero-order valence-electron chi connectivity index (χ0n) is 7.62. The minimum atomic E-state index is -4.54. The van der Waals surface area contributed by atoms with Crippen LogP contribution in [-0.2, 0) is 22.4 Å². The number of rotatable bonds is 3. The average molecular weight is 236 g/mol. The van der Waals surface area contributed by atoms with Crippen LogP contribution in [0.4, 0.5) is 13.2 Å². The fourth-order valence-electron chi connectivity index (χ4n) is 1.26. The van der Waals surface area contributed by atoms with E-state index in [1.165, 1.54) is 18.2 Å². The van der Waals surface area contributed by atoms with Crippen molar-refractivity contribution in [2.24, 2.45) is 5.73 Å². The van der Waals surface area contributed by atoms with Gasteiger partial charge in [0.2, 0.25) is 0 Å². The van der Waals surface area contributed by atoms with Gasteiger partial charge in [-0.3, -0.25) is 0 Å². The summed E-state index contributed by atoms with van der Waals surface area (Å²) in [5.41, 5.74) is 5.61. The summed E-state index contributed by atoms with van der Waals surface area (Å²) in [7, 11) is 0. The van der Waals surface area contributed by atoms with Gasteiger partial charge in [-0.25, -0.2) is 0 Å². The first-order chi connectivity index (χ1) is 7.00. The molecule has 0 aliphatic rings. The molecule has 2 N–H and O–H groups in total. The van der Waals surface area contributed by atoms with Gasteiger partial charge in [0.25, 0.3) is 0 Å². The second-order valence-corrected chi connectivity index (χ2v) is 3.58. The lowest BCUT2D eigenvalue weighted by atomic mass is 10.0. The number of benzene rings is 1. The molecular weight excluding hydrogens is 227 g/mol. The number of halogens is 3. The predicted molar refractivity (Wildman–Crippen MR) is 51.2 cm³/mol. The van der Waals surface area contributed by atoms with Crippen molar-refractivity contribution in [1.29, 1.82) is 0 Å². The quantitative estimate of drug-likeness (QED) is 0.817. The van der Waals surface area contributed by atoms with Crippen molar-refractivity contribution in [2.45, 2.75) is 18.0 Å². The molecule has 0 amide bonds. The lowest BCUT2D eigenvalue weighted by molar-refractivity contribution is -0.130. The van der Waals surface area contributed by atoms with Gasteiger partial charge in [-0.05, 0) is 5.56 Å². The van der Waals surface area contributed by atoms with Gasteiger partial charge in [0, 0.05) is 16.3 Å². The number of hydrogen-bond acceptors (Lipinski definition) is 2. The van der Waals surface area contributed by atoms with Crippen molar-refractivity contribution in [1.82, 2.24) is 0 Å². The summed E-state index contributed by atoms with van der Waals surface area (Å²) in [6.45, 7) is -0.0106. The van der Waals surface area contributed by atoms with Gasteiger partial charge in [-0.1, -0.05) is 24.3 Å². The van der Waals surface area contributed by atoms with Crippen LogP contribution < -0.4 is 5.73 Å². The fraction of sp³-hybridized carbons (Fsp3) is 0.333. The van der Waals surface area contributed by atoms with Crippen LogP contribution >= 0.6 is 0 Å². The lowest BCUT2D eigenvalue weighted by Crippen LogP contribution is -2.21. The molecule has 1 aromatic carbocycles. The third-order valence-electron chi connectivity index (χ3n) is 1.95. The van der Waals surface area contributed by atoms with E-state index >= 15 is 0 Å². The highest BCUT2D eigenvalue weighted by Gasteiger charge is 2.52. The molecule has 1 aromatic rings. The largest absolute Gasteiger partial charge is 0.477 e. The van der Waals surface area contributed by atoms with E-state index < -0.39 is 23.1 Å². The van der Waals surface area contributed by atoms with Crippen LogP contribution in [0.5, 0.6) is 0 Å². The van der Waals surface area contributed by atoms with Crippen molar-refractivity contribution >= 4 is 11.7 Å². The molecule has 0 saturated carbocycles. The molecule has 0 aliphatic heterocycles. The van der Waals surface area contributed by atoms with E-state index in [0.29, 0.717) is 5.56 Å². The van der Waals surface area contributed by atoms with Gasteiger partial charge >= 0.3 is 23.1 Å². The summed E-state index contributed by atoms with van der Waals surface area (Å²) in [4.78, 5) is 0. The highest BCUT2D eigenvalue weighted by Crippen LogP contribution is 2.35. The molecule has 2 nitrogen and oxygen atoms in total. The summed E-state index contributed by atoms with van der Waals surface area (Å²) < 4.78 is 47.9. The Morgan fingerprint density at radius 1 is 1.33 bits per heavy atom. The number of hydrogen-bond donors (Lipinski definition) is 1. The highest BCUT2D eigenvalue weighted by atomic mass is 32.1. The SMILES string of the molecule is NCc1ccccc1C([S+]=O)C(F)(F)F. The molecule has 0 fully saturated rings. The van der Waals surface area contributed by atoms with E-state index in [-0.39, 0.29) is 12.1 Å². The molecule has 0 spiro atoms. The Kier molecular flexibility index (Phi) is 3.76. The van der Waals surface area contributed by atoms with Crippen molar-refractivity contribution in [3.63, 3.8) is 0 Å². The molecular formula is C9H9F3NOS+. The Morgan fingerprint density at radius 2 is 1.93 bits per heavy atom. The number of nitrogens with two attached hydrogens (primary N) is 1. The van der Waals surface area contributed by atoms with Gasteiger partial charge in [0.05, 0.1) is 0 Å². The normalized spacial score (nSPS) is 13.6. The molecule has 0 bridgehead atoms. The minimum absolute atomic E-state index is 0.0106. The fourth-order valence-corrected chi connectivity index (χ4v) is 1.70. The molecule has 15 heavy (non-hydrogen) atoms. The summed E-state index contributed by atoms with van der Waals surface area (Å²) in [6, 6.07) is 5.83. The van der Waals surface area contributed by atoms with Crippen LogP contribution in [0.15, 0.2) is 24.3 Å². The van der Waals surface area contributed by atoms with Crippen LogP contribution in [0.1, 0.15) is 16.4 Å². The summed E-state index contributed by atoms with van der Waals surface area (Å²) in [5.74, 6) is 0. The molecule has 0 saturated heterocycles. The minimum Gasteiger partial charge on any atom is -0.326 e. The van der Waals surface area contributed by atoms with Crippen LogP contribution in [0.3, 0.4) is 0 Å². The van der Waals surface area contributed by atoms with Crippen molar-refractivity contribution in [3.05, 3.63) is 35.4 Å². The van der Waals surface area contributed by atoms with E-state index in [9.17, 15) is 17.4 Å². The van der Waals surface area contributed by atoms with Gasteiger partial charge in [0.15, 0.2) is 0 Å². The maximum absolute atomic E-state index is 12.5. The van der Waals surface area contributed by atoms with Crippen LogP contribution in [-0.4, -0.2) is 6.18 Å². The average Bonchev–Trinajstić information content (AvgIpc) is 2.17. The smallest absolute Gasteiger partial charge is 0.326 e. The Labute approximate surface area is 88.8 Å². The van der Waals surface area contributed by atoms with Gasteiger partial charge < -0.3 is 5.73 Å². The first-order valence-corrected chi connectivity index (χ1v) is 4.94. The third kappa shape index (κ3) is 2.73. The summed E-state index contributed by atoms with van der Waals surface area (Å²) in [5, 5.41) is -2.04. The van der Waals surface area contributed by atoms with Crippen molar-refractivity contribution < 1.29 is 17.4 Å². The molecule has 0 aromatic heterocycles. The first-order valence-electron chi connectivity index (χ1n) is 4.14. The monoisotopic (exact) mass is 236 g/mol. The molecule has 1 unspecified atom stereocenters. The lowest BCUT2D eigenvalue weighted by Gasteiger charge is -2.09. The first kappa shape index (κ1) is 12.1. The summed E-state index contributed by atoms with van der Waals surface area (Å²) >= 11 is -0.471. The van der Waals surface area contributed by atoms with Crippen LogP contribution in [0.25, 0.3) is 0 Å². The van der Waals surface area contributed by atoms with Gasteiger partial charge in [0.1, 0.15) is 0 Å². The van der Waals surface area contributed by atoms with E-state index in [1.54, 1.807) is 6.07 Å². The zero-order chi connectivity index (χ0) is 11.5. The highest BCUT2D eigenvalue weighted by molar-refractivity contribution is 7.66. The van der Waals surface area contributed by atoms with E-state index in [2.05, 4.69) is 0 Å². The molecule has 0 radical (unpaired) electrons. The summed E-state index contributed by atoms with van der Waals surface area (Å²) in [6.07, 6.45) is -4.54. The third-order valence-corrected chi connectivity index (χ3v) is 2.66. The predicted octanol–water partition coefficient (Wildman–Crippen LogP) is 2.18. The Morgan fingerprint density at radius 3 is 2.40 bits per heavy atom. The van der Waals surface area contributed by atoms with Crippen LogP contribution in [0.2, 0.25) is 0 Å².